The van der Waals surface area contributed by atoms with Gasteiger partial charge in [0.1, 0.15) is 0 Å². The van der Waals surface area contributed by atoms with Gasteiger partial charge in [-0.3, -0.25) is 4.79 Å². The standard InChI is InChI=1S/C15H15Cl2NO2S/c1-2-20-15(19)6-4-11-9-21-14(18-11)8-10-3-5-12(16)13(17)7-10/h3,5,7,9H,2,4,6,8H2,1H3. The van der Waals surface area contributed by atoms with E-state index < -0.39 is 0 Å². The van der Waals surface area contributed by atoms with Crippen LogP contribution in [-0.4, -0.2) is 17.6 Å². The highest BCUT2D eigenvalue weighted by Crippen LogP contribution is 2.24. The first-order valence-corrected chi connectivity index (χ1v) is 8.25. The Morgan fingerprint density at radius 2 is 2.14 bits per heavy atom. The van der Waals surface area contributed by atoms with Crippen LogP contribution in [-0.2, 0) is 22.4 Å². The molecule has 112 valence electrons. The molecular weight excluding hydrogens is 329 g/mol. The van der Waals surface area contributed by atoms with Crippen LogP contribution in [0.1, 0.15) is 29.6 Å². The van der Waals surface area contributed by atoms with Gasteiger partial charge >= 0.3 is 5.97 Å². The summed E-state index contributed by atoms with van der Waals surface area (Å²) in [5, 5.41) is 4.07. The number of benzene rings is 1. The first kappa shape index (κ1) is 16.3. The minimum atomic E-state index is -0.184. The molecule has 0 aliphatic carbocycles. The topological polar surface area (TPSA) is 39.2 Å². The van der Waals surface area contributed by atoms with Crippen LogP contribution in [0.25, 0.3) is 0 Å². The second kappa shape index (κ2) is 7.78. The molecule has 6 heteroatoms. The minimum Gasteiger partial charge on any atom is -0.466 e. The van der Waals surface area contributed by atoms with E-state index in [0.717, 1.165) is 16.3 Å². The van der Waals surface area contributed by atoms with Crippen molar-refractivity contribution in [1.82, 2.24) is 4.98 Å². The molecule has 0 aliphatic heterocycles. The van der Waals surface area contributed by atoms with Gasteiger partial charge in [0.2, 0.25) is 0 Å². The number of aryl methyl sites for hydroxylation is 1. The molecule has 0 saturated heterocycles. The number of esters is 1. The molecule has 0 unspecified atom stereocenters. The van der Waals surface area contributed by atoms with Gasteiger partial charge in [0, 0.05) is 18.2 Å². The Morgan fingerprint density at radius 1 is 1.33 bits per heavy atom. The summed E-state index contributed by atoms with van der Waals surface area (Å²) in [4.78, 5) is 15.8. The van der Waals surface area contributed by atoms with E-state index in [-0.39, 0.29) is 5.97 Å². The highest BCUT2D eigenvalue weighted by molar-refractivity contribution is 7.09. The molecule has 1 aromatic heterocycles. The summed E-state index contributed by atoms with van der Waals surface area (Å²) in [7, 11) is 0. The normalized spacial score (nSPS) is 10.6. The number of nitrogens with zero attached hydrogens (tertiary/aromatic N) is 1. The lowest BCUT2D eigenvalue weighted by Crippen LogP contribution is -2.05. The van der Waals surface area contributed by atoms with E-state index in [4.69, 9.17) is 27.9 Å². The van der Waals surface area contributed by atoms with Gasteiger partial charge in [-0.2, -0.15) is 0 Å². The number of hydrogen-bond donors (Lipinski definition) is 0. The van der Waals surface area contributed by atoms with Gasteiger partial charge in [-0.05, 0) is 24.6 Å². The average Bonchev–Trinajstić information content (AvgIpc) is 2.89. The van der Waals surface area contributed by atoms with Crippen LogP contribution in [0.15, 0.2) is 23.6 Å². The Balaban J connectivity index is 1.93. The van der Waals surface area contributed by atoms with Crippen LogP contribution in [0.3, 0.4) is 0 Å². The molecule has 1 heterocycles. The largest absolute Gasteiger partial charge is 0.466 e. The Kier molecular flexibility index (Phi) is 6.03. The number of carbonyl (C=O) groups excluding carboxylic acids is 1. The first-order chi connectivity index (χ1) is 10.1. The predicted molar refractivity (Wildman–Crippen MR) is 86.3 cm³/mol. The van der Waals surface area contributed by atoms with Crippen molar-refractivity contribution >= 4 is 40.5 Å². The van der Waals surface area contributed by atoms with Crippen LogP contribution < -0.4 is 0 Å². The van der Waals surface area contributed by atoms with E-state index in [9.17, 15) is 4.79 Å². The van der Waals surface area contributed by atoms with Crippen molar-refractivity contribution < 1.29 is 9.53 Å². The molecule has 21 heavy (non-hydrogen) atoms. The van der Waals surface area contributed by atoms with Gasteiger partial charge in [-0.15, -0.1) is 11.3 Å². The van der Waals surface area contributed by atoms with Crippen molar-refractivity contribution in [2.24, 2.45) is 0 Å². The third-order valence-electron chi connectivity index (χ3n) is 2.83. The van der Waals surface area contributed by atoms with Crippen molar-refractivity contribution in [3.05, 3.63) is 49.9 Å². The zero-order chi connectivity index (χ0) is 15.2. The van der Waals surface area contributed by atoms with E-state index in [1.807, 2.05) is 17.5 Å². The SMILES string of the molecule is CCOC(=O)CCc1csc(Cc2ccc(Cl)c(Cl)c2)n1. The number of ether oxygens (including phenoxy) is 1. The fourth-order valence-corrected chi connectivity index (χ4v) is 3.02. The molecule has 0 spiro atoms. The summed E-state index contributed by atoms with van der Waals surface area (Å²) in [6.45, 7) is 2.22. The molecule has 2 rings (SSSR count). The fraction of sp³-hybridized carbons (Fsp3) is 0.333. The summed E-state index contributed by atoms with van der Waals surface area (Å²) >= 11 is 13.5. The molecule has 0 atom stereocenters. The number of hydrogen-bond acceptors (Lipinski definition) is 4. The Labute approximate surface area is 137 Å². The van der Waals surface area contributed by atoms with Gasteiger partial charge in [-0.25, -0.2) is 4.98 Å². The zero-order valence-electron chi connectivity index (χ0n) is 11.6. The van der Waals surface area contributed by atoms with Crippen molar-refractivity contribution in [3.8, 4) is 0 Å². The maximum Gasteiger partial charge on any atom is 0.306 e. The molecule has 0 fully saturated rings. The number of thiazole rings is 1. The molecule has 0 radical (unpaired) electrons. The lowest BCUT2D eigenvalue weighted by Gasteiger charge is -2.01. The van der Waals surface area contributed by atoms with E-state index >= 15 is 0 Å². The lowest BCUT2D eigenvalue weighted by molar-refractivity contribution is -0.143. The summed E-state index contributed by atoms with van der Waals surface area (Å²) < 4.78 is 4.90. The number of aromatic nitrogens is 1. The van der Waals surface area contributed by atoms with Crippen LogP contribution in [0.2, 0.25) is 10.0 Å². The number of halogens is 2. The van der Waals surface area contributed by atoms with Crippen LogP contribution in [0, 0.1) is 0 Å². The summed E-state index contributed by atoms with van der Waals surface area (Å²) in [6.07, 6.45) is 1.68. The molecule has 2 aromatic rings. The quantitative estimate of drug-likeness (QED) is 0.723. The van der Waals surface area contributed by atoms with Crippen LogP contribution in [0.5, 0.6) is 0 Å². The van der Waals surface area contributed by atoms with Gasteiger partial charge in [0.15, 0.2) is 0 Å². The molecule has 0 saturated carbocycles. The Hall–Kier alpha value is -1.10. The van der Waals surface area contributed by atoms with Crippen molar-refractivity contribution in [2.75, 3.05) is 6.61 Å². The molecule has 0 N–H and O–H groups in total. The second-order valence-electron chi connectivity index (χ2n) is 4.46. The summed E-state index contributed by atoms with van der Waals surface area (Å²) in [5.41, 5.74) is 1.99. The Morgan fingerprint density at radius 3 is 2.86 bits per heavy atom. The van der Waals surface area contributed by atoms with E-state index in [1.54, 1.807) is 24.3 Å². The number of carbonyl (C=O) groups is 1. The Bertz CT molecular complexity index is 628. The van der Waals surface area contributed by atoms with Gasteiger partial charge in [0.25, 0.3) is 0 Å². The maximum absolute atomic E-state index is 11.3. The third-order valence-corrected chi connectivity index (χ3v) is 4.47. The van der Waals surface area contributed by atoms with Crippen LogP contribution >= 0.6 is 34.5 Å². The zero-order valence-corrected chi connectivity index (χ0v) is 13.9. The van der Waals surface area contributed by atoms with E-state index in [1.165, 1.54) is 0 Å². The molecule has 0 aliphatic rings. The molecule has 3 nitrogen and oxygen atoms in total. The van der Waals surface area contributed by atoms with Crippen molar-refractivity contribution in [3.63, 3.8) is 0 Å². The maximum atomic E-state index is 11.3. The second-order valence-corrected chi connectivity index (χ2v) is 6.22. The fourth-order valence-electron chi connectivity index (χ4n) is 1.83. The first-order valence-electron chi connectivity index (χ1n) is 6.61. The smallest absolute Gasteiger partial charge is 0.306 e. The average molecular weight is 344 g/mol. The van der Waals surface area contributed by atoms with Crippen molar-refractivity contribution in [2.45, 2.75) is 26.2 Å². The van der Waals surface area contributed by atoms with Crippen molar-refractivity contribution in [1.29, 1.82) is 0 Å². The van der Waals surface area contributed by atoms with Gasteiger partial charge in [0.05, 0.1) is 33.8 Å². The molecule has 0 amide bonds. The third kappa shape index (κ3) is 4.99. The highest BCUT2D eigenvalue weighted by Gasteiger charge is 2.08. The van der Waals surface area contributed by atoms with E-state index in [0.29, 0.717) is 35.9 Å². The van der Waals surface area contributed by atoms with Gasteiger partial charge < -0.3 is 4.74 Å². The monoisotopic (exact) mass is 343 g/mol. The summed E-state index contributed by atoms with van der Waals surface area (Å²) in [5.74, 6) is -0.184. The minimum absolute atomic E-state index is 0.184. The molecule has 1 aromatic carbocycles. The number of rotatable bonds is 6. The molecule has 0 bridgehead atoms. The molecular formula is C15H15Cl2NO2S. The van der Waals surface area contributed by atoms with E-state index in [2.05, 4.69) is 4.98 Å². The summed E-state index contributed by atoms with van der Waals surface area (Å²) in [6, 6.07) is 5.58. The van der Waals surface area contributed by atoms with Crippen LogP contribution in [0.4, 0.5) is 0 Å². The highest BCUT2D eigenvalue weighted by atomic mass is 35.5. The lowest BCUT2D eigenvalue weighted by atomic mass is 10.1. The van der Waals surface area contributed by atoms with Gasteiger partial charge in [-0.1, -0.05) is 29.3 Å². The predicted octanol–water partition coefficient (Wildman–Crippen LogP) is 4.54.